The molecule has 2 unspecified atom stereocenters. The number of aliphatic carboxylic acids is 1. The summed E-state index contributed by atoms with van der Waals surface area (Å²) >= 11 is 0. The Kier molecular flexibility index (Phi) is 46.3. The number of carboxylic acid groups (broad SMARTS) is 1. The maximum absolute atomic E-state index is 12.8. The third-order valence-corrected chi connectivity index (χ3v) is 12.2. The number of quaternary nitrogens is 1. The number of unbranched alkanes of at least 4 members (excludes halogenated alkanes) is 25. The van der Waals surface area contributed by atoms with Gasteiger partial charge in [-0.2, -0.15) is 0 Å². The van der Waals surface area contributed by atoms with E-state index in [0.29, 0.717) is 19.3 Å². The summed E-state index contributed by atoms with van der Waals surface area (Å²) in [5.41, 5.74) is 0. The SMILES string of the molecule is CC/C=C/C/C=C/C/C=C/C/C=C/C/C=C/CCCCCCCCCC(=O)OCC(COCCC(C(=O)O)[N+](C)(C)C)OC(=O)CCCCCCCCCCCCCCCCCCCCC. The third kappa shape index (κ3) is 46.2. The first kappa shape index (κ1) is 63.0. The zero-order valence-electron chi connectivity index (χ0n) is 43.6. The molecule has 0 aliphatic rings. The molecule has 0 aromatic carbocycles. The first-order valence-corrected chi connectivity index (χ1v) is 27.3. The molecule has 8 nitrogen and oxygen atoms in total. The van der Waals surface area contributed by atoms with Gasteiger partial charge < -0.3 is 23.8 Å². The molecule has 382 valence electrons. The van der Waals surface area contributed by atoms with Crippen LogP contribution in [0.25, 0.3) is 0 Å². The van der Waals surface area contributed by atoms with E-state index in [1.807, 2.05) is 21.1 Å². The molecule has 0 aliphatic heterocycles. The Morgan fingerprint density at radius 1 is 0.470 bits per heavy atom. The lowest BCUT2D eigenvalue weighted by molar-refractivity contribution is -0.887. The van der Waals surface area contributed by atoms with Crippen molar-refractivity contribution < 1.29 is 38.2 Å². The molecular weight excluding hydrogens is 823 g/mol. The van der Waals surface area contributed by atoms with Crippen LogP contribution >= 0.6 is 0 Å². The minimum absolute atomic E-state index is 0.0562. The zero-order valence-corrected chi connectivity index (χ0v) is 43.6. The number of carbonyl (C=O) groups excluding carboxylic acids is 2. The van der Waals surface area contributed by atoms with E-state index in [4.69, 9.17) is 14.2 Å². The normalized spacial score (nSPS) is 13.3. The molecule has 0 aliphatic carbocycles. The number of carbonyl (C=O) groups is 3. The van der Waals surface area contributed by atoms with Crippen LogP contribution in [-0.4, -0.2) is 80.6 Å². The van der Waals surface area contributed by atoms with Crippen LogP contribution < -0.4 is 0 Å². The van der Waals surface area contributed by atoms with Gasteiger partial charge in [0.05, 0.1) is 34.4 Å². The number of hydrogen-bond donors (Lipinski definition) is 1. The van der Waals surface area contributed by atoms with Gasteiger partial charge in [-0.15, -0.1) is 0 Å². The van der Waals surface area contributed by atoms with Crippen molar-refractivity contribution in [2.75, 3.05) is 41.0 Å². The van der Waals surface area contributed by atoms with Gasteiger partial charge in [-0.1, -0.05) is 222 Å². The van der Waals surface area contributed by atoms with E-state index >= 15 is 0 Å². The molecule has 0 amide bonds. The van der Waals surface area contributed by atoms with Gasteiger partial charge in [0, 0.05) is 19.3 Å². The molecule has 8 heteroatoms. The van der Waals surface area contributed by atoms with Gasteiger partial charge >= 0.3 is 17.9 Å². The predicted octanol–water partition coefficient (Wildman–Crippen LogP) is 16.1. The molecule has 0 rings (SSSR count). The Morgan fingerprint density at radius 3 is 1.26 bits per heavy atom. The summed E-state index contributed by atoms with van der Waals surface area (Å²) in [4.78, 5) is 37.2. The van der Waals surface area contributed by atoms with Crippen molar-refractivity contribution in [1.29, 1.82) is 0 Å². The van der Waals surface area contributed by atoms with E-state index in [1.54, 1.807) is 0 Å². The molecule has 0 heterocycles. The van der Waals surface area contributed by atoms with Crippen LogP contribution in [0.4, 0.5) is 0 Å². The van der Waals surface area contributed by atoms with Gasteiger partial charge in [-0.25, -0.2) is 4.79 Å². The van der Waals surface area contributed by atoms with Crippen molar-refractivity contribution in [2.45, 2.75) is 251 Å². The van der Waals surface area contributed by atoms with E-state index in [9.17, 15) is 19.5 Å². The Morgan fingerprint density at radius 2 is 0.848 bits per heavy atom. The average molecular weight is 927 g/mol. The molecule has 0 bridgehead atoms. The summed E-state index contributed by atoms with van der Waals surface area (Å²) in [5, 5.41) is 9.67. The maximum Gasteiger partial charge on any atom is 0.362 e. The van der Waals surface area contributed by atoms with Crippen molar-refractivity contribution in [3.05, 3.63) is 60.8 Å². The zero-order chi connectivity index (χ0) is 48.4. The quantitative estimate of drug-likeness (QED) is 0.0281. The van der Waals surface area contributed by atoms with Crippen LogP contribution in [0.2, 0.25) is 0 Å². The number of hydrogen-bond acceptors (Lipinski definition) is 6. The van der Waals surface area contributed by atoms with Crippen molar-refractivity contribution in [1.82, 2.24) is 0 Å². The average Bonchev–Trinajstić information content (AvgIpc) is 3.28. The highest BCUT2D eigenvalue weighted by molar-refractivity contribution is 5.72. The Labute approximate surface area is 407 Å². The van der Waals surface area contributed by atoms with Crippen LogP contribution in [-0.2, 0) is 28.6 Å². The standard InChI is InChI=1S/C58H103NO7/c1-6-8-10-12-14-16-18-20-22-24-26-27-28-29-31-32-34-36-38-40-42-44-46-48-56(60)65-53-54(52-64-51-50-55(58(62)63)59(3,4)5)66-57(61)49-47-45-43-41-39-37-35-33-30-25-23-21-19-17-15-13-11-9-7-2/h8,10,14,16,20,22,26-27,29,31,54-55H,6-7,9,11-13,15,17-19,21,23-25,28,30,32-53H2,1-5H3/p+1/b10-8+,16-14+,22-20+,27-26+,31-29+. The second-order valence-electron chi connectivity index (χ2n) is 19.5. The maximum atomic E-state index is 12.8. The molecule has 0 radical (unpaired) electrons. The molecule has 0 spiro atoms. The highest BCUT2D eigenvalue weighted by atomic mass is 16.6. The van der Waals surface area contributed by atoms with Gasteiger partial charge in [-0.05, 0) is 57.8 Å². The van der Waals surface area contributed by atoms with E-state index in [2.05, 4.69) is 74.6 Å². The summed E-state index contributed by atoms with van der Waals surface area (Å²) in [6.45, 7) is 4.64. The summed E-state index contributed by atoms with van der Waals surface area (Å²) in [7, 11) is 5.54. The van der Waals surface area contributed by atoms with Gasteiger partial charge in [0.25, 0.3) is 0 Å². The number of allylic oxidation sites excluding steroid dienone is 10. The Hall–Kier alpha value is -2.97. The highest BCUT2D eigenvalue weighted by Gasteiger charge is 2.31. The molecule has 0 aromatic rings. The lowest BCUT2D eigenvalue weighted by Gasteiger charge is -2.31. The lowest BCUT2D eigenvalue weighted by atomic mass is 10.0. The number of esters is 2. The van der Waals surface area contributed by atoms with Crippen LogP contribution in [0.5, 0.6) is 0 Å². The molecule has 0 saturated heterocycles. The molecule has 0 saturated carbocycles. The first-order chi connectivity index (χ1) is 32.1. The highest BCUT2D eigenvalue weighted by Crippen LogP contribution is 2.16. The second-order valence-corrected chi connectivity index (χ2v) is 19.5. The van der Waals surface area contributed by atoms with Crippen LogP contribution in [0.3, 0.4) is 0 Å². The van der Waals surface area contributed by atoms with Crippen molar-refractivity contribution >= 4 is 17.9 Å². The summed E-state index contributed by atoms with van der Waals surface area (Å²) in [5.74, 6) is -1.47. The Balaban J connectivity index is 4.22. The van der Waals surface area contributed by atoms with E-state index in [0.717, 1.165) is 77.0 Å². The summed E-state index contributed by atoms with van der Waals surface area (Å²) in [6.07, 6.45) is 61.3. The Bertz CT molecular complexity index is 1260. The molecule has 66 heavy (non-hydrogen) atoms. The molecule has 0 aromatic heterocycles. The predicted molar refractivity (Wildman–Crippen MR) is 280 cm³/mol. The minimum Gasteiger partial charge on any atom is -0.477 e. The van der Waals surface area contributed by atoms with Gasteiger partial charge in [-0.3, -0.25) is 9.59 Å². The fraction of sp³-hybridized carbons (Fsp3) is 0.776. The smallest absolute Gasteiger partial charge is 0.362 e. The van der Waals surface area contributed by atoms with Crippen molar-refractivity contribution in [3.8, 4) is 0 Å². The molecule has 1 N–H and O–H groups in total. The van der Waals surface area contributed by atoms with E-state index in [1.165, 1.54) is 128 Å². The number of likely N-dealkylation sites (N-methyl/N-ethyl adjacent to an activating group) is 1. The monoisotopic (exact) mass is 927 g/mol. The summed E-state index contributed by atoms with van der Waals surface area (Å²) in [6, 6.07) is -0.618. The third-order valence-electron chi connectivity index (χ3n) is 12.2. The minimum atomic E-state index is -0.875. The number of rotatable bonds is 49. The van der Waals surface area contributed by atoms with Crippen LogP contribution in [0.15, 0.2) is 60.8 Å². The van der Waals surface area contributed by atoms with E-state index in [-0.39, 0.29) is 36.2 Å². The summed E-state index contributed by atoms with van der Waals surface area (Å²) < 4.78 is 17.4. The van der Waals surface area contributed by atoms with Crippen LogP contribution in [0, 0.1) is 0 Å². The number of ether oxygens (including phenoxy) is 3. The van der Waals surface area contributed by atoms with Gasteiger partial charge in [0.15, 0.2) is 12.1 Å². The van der Waals surface area contributed by atoms with E-state index < -0.39 is 18.1 Å². The number of nitrogens with zero attached hydrogens (tertiary/aromatic N) is 1. The fourth-order valence-corrected chi connectivity index (χ4v) is 8.00. The lowest BCUT2D eigenvalue weighted by Crippen LogP contribution is -2.50. The molecular formula is C58H104NO7+. The van der Waals surface area contributed by atoms with Crippen molar-refractivity contribution in [3.63, 3.8) is 0 Å². The second kappa shape index (κ2) is 48.5. The topological polar surface area (TPSA) is 99.1 Å². The first-order valence-electron chi connectivity index (χ1n) is 27.3. The van der Waals surface area contributed by atoms with Crippen LogP contribution in [0.1, 0.15) is 239 Å². The fourth-order valence-electron chi connectivity index (χ4n) is 8.00. The van der Waals surface area contributed by atoms with Gasteiger partial charge in [0.2, 0.25) is 0 Å². The van der Waals surface area contributed by atoms with Gasteiger partial charge in [0.1, 0.15) is 6.61 Å². The molecule has 2 atom stereocenters. The largest absolute Gasteiger partial charge is 0.477 e. The van der Waals surface area contributed by atoms with Crippen molar-refractivity contribution in [2.24, 2.45) is 0 Å². The molecule has 0 fully saturated rings. The number of carboxylic acids is 1.